The second-order valence-corrected chi connectivity index (χ2v) is 7.00. The third kappa shape index (κ3) is 4.30. The molecular weight excluding hydrogens is 327 g/mol. The number of rotatable bonds is 5. The fourth-order valence-electron chi connectivity index (χ4n) is 3.62. The maximum atomic E-state index is 13.1. The molecule has 2 aliphatic heterocycles. The molecule has 0 saturated carbocycles. The van der Waals surface area contributed by atoms with E-state index >= 15 is 0 Å². The van der Waals surface area contributed by atoms with Crippen molar-refractivity contribution in [1.29, 1.82) is 0 Å². The average molecular weight is 352 g/mol. The van der Waals surface area contributed by atoms with Crippen molar-refractivity contribution in [2.24, 2.45) is 0 Å². The second kappa shape index (κ2) is 7.99. The molecule has 5 heteroatoms. The van der Waals surface area contributed by atoms with Crippen LogP contribution in [0.5, 0.6) is 0 Å². The van der Waals surface area contributed by atoms with Crippen LogP contribution in [0.1, 0.15) is 18.4 Å². The molecule has 0 spiro atoms. The Labute approximate surface area is 154 Å². The predicted molar refractivity (Wildman–Crippen MR) is 103 cm³/mol. The number of anilines is 1. The Bertz CT molecular complexity index is 723. The topological polar surface area (TPSA) is 30.5 Å². The summed E-state index contributed by atoms with van der Waals surface area (Å²) in [5.74, 6) is -0.214. The second-order valence-electron chi connectivity index (χ2n) is 7.00. The van der Waals surface area contributed by atoms with Crippen LogP contribution in [0.3, 0.4) is 0 Å². The molecule has 0 radical (unpaired) electrons. The van der Waals surface area contributed by atoms with Gasteiger partial charge in [0, 0.05) is 18.8 Å². The number of hydrogen-bond donors (Lipinski definition) is 2. The van der Waals surface area contributed by atoms with Crippen LogP contribution in [0, 0.1) is 5.82 Å². The van der Waals surface area contributed by atoms with Crippen LogP contribution >= 0.6 is 0 Å². The summed E-state index contributed by atoms with van der Waals surface area (Å²) in [4.78, 5) is 2.52. The van der Waals surface area contributed by atoms with Crippen molar-refractivity contribution in [3.63, 3.8) is 0 Å². The van der Waals surface area contributed by atoms with E-state index in [1.165, 1.54) is 17.7 Å². The van der Waals surface area contributed by atoms with Gasteiger partial charge in [0.05, 0.1) is 11.9 Å². The van der Waals surface area contributed by atoms with Crippen LogP contribution in [0.2, 0.25) is 0 Å². The normalized spacial score (nSPS) is 21.4. The van der Waals surface area contributed by atoms with Crippen LogP contribution in [0.25, 0.3) is 0 Å². The molecule has 2 aromatic rings. The molecule has 1 atom stereocenters. The maximum Gasteiger partial charge on any atom is 0.123 e. The molecule has 1 unspecified atom stereocenters. The number of halogens is 1. The molecule has 0 aliphatic carbocycles. The van der Waals surface area contributed by atoms with E-state index in [0.717, 1.165) is 38.2 Å². The van der Waals surface area contributed by atoms with Gasteiger partial charge in [0.15, 0.2) is 0 Å². The molecule has 2 aliphatic rings. The van der Waals surface area contributed by atoms with Gasteiger partial charge in [-0.3, -0.25) is 15.2 Å². The predicted octanol–water partition coefficient (Wildman–Crippen LogP) is 3.24. The van der Waals surface area contributed by atoms with Gasteiger partial charge in [0.25, 0.3) is 0 Å². The number of piperidine rings is 1. The van der Waals surface area contributed by atoms with Gasteiger partial charge < -0.3 is 0 Å². The number of nitrogens with one attached hydrogen (secondary N) is 2. The fraction of sp³-hybridized carbons (Fsp3) is 0.333. The van der Waals surface area contributed by atoms with Crippen molar-refractivity contribution in [3.8, 4) is 0 Å². The summed E-state index contributed by atoms with van der Waals surface area (Å²) < 4.78 is 13.1. The van der Waals surface area contributed by atoms with Crippen molar-refractivity contribution < 1.29 is 4.39 Å². The van der Waals surface area contributed by atoms with Gasteiger partial charge in [-0.15, -0.1) is 0 Å². The Morgan fingerprint density at radius 1 is 1.00 bits per heavy atom. The Hall–Kier alpha value is -2.21. The van der Waals surface area contributed by atoms with Crippen molar-refractivity contribution in [2.75, 3.05) is 18.1 Å². The van der Waals surface area contributed by atoms with Crippen molar-refractivity contribution >= 4 is 5.69 Å². The Morgan fingerprint density at radius 2 is 1.73 bits per heavy atom. The molecule has 2 N–H and O–H groups in total. The SMILES string of the molecule is Fc1ccc(N2C=CC(NC3CCN(Cc4ccccc4)CC3)N2)cc1. The zero-order valence-corrected chi connectivity index (χ0v) is 14.8. The first-order valence-corrected chi connectivity index (χ1v) is 9.28. The summed E-state index contributed by atoms with van der Waals surface area (Å²) in [5, 5.41) is 5.61. The third-order valence-electron chi connectivity index (χ3n) is 5.06. The minimum Gasteiger partial charge on any atom is -0.299 e. The molecule has 2 aromatic carbocycles. The van der Waals surface area contributed by atoms with E-state index < -0.39 is 0 Å². The zero-order valence-electron chi connectivity index (χ0n) is 14.8. The number of likely N-dealkylation sites (tertiary alicyclic amines) is 1. The van der Waals surface area contributed by atoms with Crippen molar-refractivity contribution in [3.05, 3.63) is 78.3 Å². The van der Waals surface area contributed by atoms with Crippen LogP contribution in [-0.2, 0) is 6.54 Å². The molecule has 1 fully saturated rings. The van der Waals surface area contributed by atoms with E-state index in [0.29, 0.717) is 6.04 Å². The summed E-state index contributed by atoms with van der Waals surface area (Å²) in [6.07, 6.45) is 6.52. The molecule has 0 amide bonds. The van der Waals surface area contributed by atoms with Gasteiger partial charge >= 0.3 is 0 Å². The zero-order chi connectivity index (χ0) is 17.8. The summed E-state index contributed by atoms with van der Waals surface area (Å²) in [7, 11) is 0. The molecule has 0 bridgehead atoms. The summed E-state index contributed by atoms with van der Waals surface area (Å²) in [6, 6.07) is 17.7. The highest BCUT2D eigenvalue weighted by atomic mass is 19.1. The van der Waals surface area contributed by atoms with Crippen molar-refractivity contribution in [2.45, 2.75) is 31.6 Å². The fourth-order valence-corrected chi connectivity index (χ4v) is 3.62. The highest BCUT2D eigenvalue weighted by Crippen LogP contribution is 2.18. The summed E-state index contributed by atoms with van der Waals surface area (Å²) in [6.45, 7) is 3.27. The molecule has 26 heavy (non-hydrogen) atoms. The van der Waals surface area contributed by atoms with E-state index in [2.05, 4.69) is 52.1 Å². The van der Waals surface area contributed by atoms with E-state index in [1.807, 2.05) is 11.2 Å². The standard InChI is InChI=1S/C21H25FN4/c22-18-6-8-20(9-7-18)26-15-12-21(24-26)23-19-10-13-25(14-11-19)16-17-4-2-1-3-5-17/h1-9,12,15,19,21,23-24H,10-11,13-14,16H2. The minimum absolute atomic E-state index is 0.116. The van der Waals surface area contributed by atoms with Gasteiger partial charge in [-0.25, -0.2) is 9.82 Å². The third-order valence-corrected chi connectivity index (χ3v) is 5.06. The number of benzene rings is 2. The molecule has 136 valence electrons. The van der Waals surface area contributed by atoms with E-state index in [4.69, 9.17) is 0 Å². The smallest absolute Gasteiger partial charge is 0.123 e. The molecule has 0 aromatic heterocycles. The van der Waals surface area contributed by atoms with E-state index in [1.54, 1.807) is 12.1 Å². The van der Waals surface area contributed by atoms with Crippen LogP contribution in [0.4, 0.5) is 10.1 Å². The first-order chi connectivity index (χ1) is 12.8. The lowest BCUT2D eigenvalue weighted by Gasteiger charge is -2.34. The van der Waals surface area contributed by atoms with Crippen LogP contribution in [-0.4, -0.2) is 30.2 Å². The van der Waals surface area contributed by atoms with Gasteiger partial charge in [-0.1, -0.05) is 30.3 Å². The quantitative estimate of drug-likeness (QED) is 0.865. The van der Waals surface area contributed by atoms with E-state index in [-0.39, 0.29) is 12.0 Å². The lowest BCUT2D eigenvalue weighted by atomic mass is 10.0. The van der Waals surface area contributed by atoms with Crippen molar-refractivity contribution in [1.82, 2.24) is 15.6 Å². The lowest BCUT2D eigenvalue weighted by Crippen LogP contribution is -2.51. The number of hydrogen-bond acceptors (Lipinski definition) is 4. The Morgan fingerprint density at radius 3 is 2.46 bits per heavy atom. The molecular formula is C21H25FN4. The first kappa shape index (κ1) is 17.2. The van der Waals surface area contributed by atoms with Gasteiger partial charge in [0.2, 0.25) is 0 Å². The molecule has 2 heterocycles. The minimum atomic E-state index is -0.214. The highest BCUT2D eigenvalue weighted by Gasteiger charge is 2.23. The summed E-state index contributed by atoms with van der Waals surface area (Å²) >= 11 is 0. The van der Waals surface area contributed by atoms with E-state index in [9.17, 15) is 4.39 Å². The lowest BCUT2D eigenvalue weighted by molar-refractivity contribution is 0.185. The molecule has 4 nitrogen and oxygen atoms in total. The maximum absolute atomic E-state index is 13.1. The monoisotopic (exact) mass is 352 g/mol. The Balaban J connectivity index is 1.23. The first-order valence-electron chi connectivity index (χ1n) is 9.28. The molecule has 1 saturated heterocycles. The number of nitrogens with zero attached hydrogens (tertiary/aromatic N) is 2. The van der Waals surface area contributed by atoms with Gasteiger partial charge in [-0.2, -0.15) is 0 Å². The van der Waals surface area contributed by atoms with Gasteiger partial charge in [-0.05, 0) is 61.8 Å². The summed E-state index contributed by atoms with van der Waals surface area (Å²) in [5.41, 5.74) is 5.72. The highest BCUT2D eigenvalue weighted by molar-refractivity contribution is 5.49. The Kier molecular flexibility index (Phi) is 5.29. The van der Waals surface area contributed by atoms with Crippen LogP contribution < -0.4 is 15.8 Å². The average Bonchev–Trinajstić information content (AvgIpc) is 3.13. The number of hydrazine groups is 1. The largest absolute Gasteiger partial charge is 0.299 e. The molecule has 4 rings (SSSR count). The van der Waals surface area contributed by atoms with Crippen LogP contribution in [0.15, 0.2) is 66.9 Å². The van der Waals surface area contributed by atoms with Gasteiger partial charge in [0.1, 0.15) is 5.82 Å².